The summed E-state index contributed by atoms with van der Waals surface area (Å²) in [5.74, 6) is 0. The van der Waals surface area contributed by atoms with Gasteiger partial charge in [-0.15, -0.1) is 0 Å². The molecule has 3 aromatic rings. The molecule has 0 aliphatic rings. The third kappa shape index (κ3) is 2.04. The van der Waals surface area contributed by atoms with E-state index in [1.54, 1.807) is 0 Å². The van der Waals surface area contributed by atoms with Crippen LogP contribution < -0.4 is 0 Å². The fourth-order valence-electron chi connectivity index (χ4n) is 2.50. The first-order valence-electron chi connectivity index (χ1n) is 6.50. The standard InChI is InChI=1S/C15H17N3O/c1-2-17-11-16-8-13(17)9-18-7-6-14-12(10-19)4-3-5-15(14)18/h3-8,11,19H,2,9-10H2,1H3. The Labute approximate surface area is 111 Å². The molecule has 0 unspecified atom stereocenters. The summed E-state index contributed by atoms with van der Waals surface area (Å²) in [6.07, 6.45) is 5.84. The van der Waals surface area contributed by atoms with E-state index < -0.39 is 0 Å². The van der Waals surface area contributed by atoms with Crippen LogP contribution in [0, 0.1) is 0 Å². The second-order valence-corrected chi connectivity index (χ2v) is 4.62. The van der Waals surface area contributed by atoms with Gasteiger partial charge in [0.2, 0.25) is 0 Å². The number of benzene rings is 1. The largest absolute Gasteiger partial charge is 0.392 e. The summed E-state index contributed by atoms with van der Waals surface area (Å²) in [6.45, 7) is 3.92. The number of fused-ring (bicyclic) bond motifs is 1. The van der Waals surface area contributed by atoms with Crippen LogP contribution >= 0.6 is 0 Å². The fraction of sp³-hybridized carbons (Fsp3) is 0.267. The van der Waals surface area contributed by atoms with E-state index in [0.717, 1.165) is 29.6 Å². The maximum absolute atomic E-state index is 9.36. The van der Waals surface area contributed by atoms with Gasteiger partial charge in [0.1, 0.15) is 0 Å². The summed E-state index contributed by atoms with van der Waals surface area (Å²) < 4.78 is 4.33. The van der Waals surface area contributed by atoms with Crippen LogP contribution in [0.5, 0.6) is 0 Å². The van der Waals surface area contributed by atoms with E-state index in [1.807, 2.05) is 24.7 Å². The van der Waals surface area contributed by atoms with Gasteiger partial charge in [0.05, 0.1) is 25.2 Å². The summed E-state index contributed by atoms with van der Waals surface area (Å²) in [5.41, 5.74) is 3.31. The second-order valence-electron chi connectivity index (χ2n) is 4.62. The Morgan fingerprint density at radius 2 is 2.11 bits per heavy atom. The lowest BCUT2D eigenvalue weighted by Gasteiger charge is -2.08. The Kier molecular flexibility index (Phi) is 3.09. The molecule has 2 heterocycles. The molecule has 0 amide bonds. The molecule has 0 bridgehead atoms. The first-order chi connectivity index (χ1) is 9.33. The number of nitrogens with zero attached hydrogens (tertiary/aromatic N) is 3. The molecule has 2 aromatic heterocycles. The topological polar surface area (TPSA) is 43.0 Å². The van der Waals surface area contributed by atoms with E-state index in [-0.39, 0.29) is 6.61 Å². The second kappa shape index (κ2) is 4.90. The van der Waals surface area contributed by atoms with Gasteiger partial charge in [-0.3, -0.25) is 0 Å². The lowest BCUT2D eigenvalue weighted by molar-refractivity contribution is 0.283. The Bertz CT molecular complexity index is 696. The molecule has 0 radical (unpaired) electrons. The van der Waals surface area contributed by atoms with E-state index >= 15 is 0 Å². The highest BCUT2D eigenvalue weighted by molar-refractivity contribution is 5.83. The van der Waals surface area contributed by atoms with Gasteiger partial charge in [0, 0.05) is 29.8 Å². The summed E-state index contributed by atoms with van der Waals surface area (Å²) in [7, 11) is 0. The Hall–Kier alpha value is -2.07. The predicted molar refractivity (Wildman–Crippen MR) is 74.9 cm³/mol. The Morgan fingerprint density at radius 1 is 1.21 bits per heavy atom. The van der Waals surface area contributed by atoms with E-state index in [9.17, 15) is 5.11 Å². The molecule has 3 rings (SSSR count). The number of aromatic nitrogens is 3. The molecule has 0 aliphatic heterocycles. The average molecular weight is 255 g/mol. The monoisotopic (exact) mass is 255 g/mol. The van der Waals surface area contributed by atoms with Crippen molar-refractivity contribution in [2.24, 2.45) is 0 Å². The highest BCUT2D eigenvalue weighted by Crippen LogP contribution is 2.21. The number of rotatable bonds is 4. The van der Waals surface area contributed by atoms with Crippen LogP contribution in [0.25, 0.3) is 10.9 Å². The molecular formula is C15H17N3O. The van der Waals surface area contributed by atoms with Crippen molar-refractivity contribution in [3.63, 3.8) is 0 Å². The van der Waals surface area contributed by atoms with Crippen molar-refractivity contribution in [3.8, 4) is 0 Å². The van der Waals surface area contributed by atoms with Gasteiger partial charge in [-0.05, 0) is 24.6 Å². The van der Waals surface area contributed by atoms with Crippen molar-refractivity contribution >= 4 is 10.9 Å². The zero-order chi connectivity index (χ0) is 13.2. The zero-order valence-electron chi connectivity index (χ0n) is 11.0. The van der Waals surface area contributed by atoms with Crippen molar-refractivity contribution in [2.75, 3.05) is 0 Å². The number of hydrogen-bond acceptors (Lipinski definition) is 2. The molecule has 0 fully saturated rings. The highest BCUT2D eigenvalue weighted by atomic mass is 16.3. The predicted octanol–water partition coefficient (Wildman–Crippen LogP) is 2.40. The normalized spacial score (nSPS) is 11.3. The van der Waals surface area contributed by atoms with Gasteiger partial charge in [-0.25, -0.2) is 4.98 Å². The third-order valence-corrected chi connectivity index (χ3v) is 3.55. The van der Waals surface area contributed by atoms with Gasteiger partial charge < -0.3 is 14.2 Å². The molecule has 0 saturated carbocycles. The Balaban J connectivity index is 2.02. The minimum atomic E-state index is 0.0776. The Morgan fingerprint density at radius 3 is 2.89 bits per heavy atom. The van der Waals surface area contributed by atoms with Crippen LogP contribution in [0.1, 0.15) is 18.2 Å². The molecule has 0 atom stereocenters. The van der Waals surface area contributed by atoms with Crippen molar-refractivity contribution in [1.29, 1.82) is 0 Å². The molecule has 1 N–H and O–H groups in total. The van der Waals surface area contributed by atoms with E-state index in [0.29, 0.717) is 0 Å². The maximum Gasteiger partial charge on any atom is 0.0948 e. The van der Waals surface area contributed by atoms with Gasteiger partial charge >= 0.3 is 0 Å². The smallest absolute Gasteiger partial charge is 0.0948 e. The van der Waals surface area contributed by atoms with Crippen molar-refractivity contribution in [1.82, 2.24) is 14.1 Å². The molecule has 0 saturated heterocycles. The SMILES string of the molecule is CCn1cncc1Cn1ccc2c(CO)cccc21. The van der Waals surface area contributed by atoms with E-state index in [2.05, 4.69) is 39.4 Å². The fourth-order valence-corrected chi connectivity index (χ4v) is 2.50. The molecule has 98 valence electrons. The van der Waals surface area contributed by atoms with Crippen LogP contribution in [0.2, 0.25) is 0 Å². The highest BCUT2D eigenvalue weighted by Gasteiger charge is 2.07. The average Bonchev–Trinajstić information content (AvgIpc) is 3.06. The van der Waals surface area contributed by atoms with Gasteiger partial charge in [0.25, 0.3) is 0 Å². The number of hydrogen-bond donors (Lipinski definition) is 1. The van der Waals surface area contributed by atoms with Crippen molar-refractivity contribution < 1.29 is 5.11 Å². The lowest BCUT2D eigenvalue weighted by Crippen LogP contribution is -2.05. The number of aliphatic hydroxyl groups excluding tert-OH is 1. The molecule has 1 aromatic carbocycles. The van der Waals surface area contributed by atoms with Crippen LogP contribution in [-0.4, -0.2) is 19.2 Å². The van der Waals surface area contributed by atoms with Gasteiger partial charge in [-0.1, -0.05) is 12.1 Å². The zero-order valence-corrected chi connectivity index (χ0v) is 11.0. The lowest BCUT2D eigenvalue weighted by atomic mass is 10.1. The minimum Gasteiger partial charge on any atom is -0.392 e. The van der Waals surface area contributed by atoms with E-state index in [4.69, 9.17) is 0 Å². The third-order valence-electron chi connectivity index (χ3n) is 3.55. The van der Waals surface area contributed by atoms with Crippen molar-refractivity contribution in [3.05, 3.63) is 54.2 Å². The molecule has 19 heavy (non-hydrogen) atoms. The maximum atomic E-state index is 9.36. The van der Waals surface area contributed by atoms with E-state index in [1.165, 1.54) is 5.69 Å². The van der Waals surface area contributed by atoms with Crippen molar-refractivity contribution in [2.45, 2.75) is 26.6 Å². The number of aliphatic hydroxyl groups is 1. The molecule has 0 spiro atoms. The molecule has 4 nitrogen and oxygen atoms in total. The quantitative estimate of drug-likeness (QED) is 0.778. The van der Waals surface area contributed by atoms with Crippen LogP contribution in [-0.2, 0) is 19.7 Å². The first-order valence-corrected chi connectivity index (χ1v) is 6.50. The number of imidazole rings is 1. The van der Waals surface area contributed by atoms with Gasteiger partial charge in [-0.2, -0.15) is 0 Å². The summed E-state index contributed by atoms with van der Waals surface area (Å²) in [6, 6.07) is 8.10. The van der Waals surface area contributed by atoms with Crippen LogP contribution in [0.4, 0.5) is 0 Å². The first kappa shape index (κ1) is 12.0. The summed E-state index contributed by atoms with van der Waals surface area (Å²) in [4.78, 5) is 4.20. The van der Waals surface area contributed by atoms with Crippen LogP contribution in [0.15, 0.2) is 43.0 Å². The summed E-state index contributed by atoms with van der Waals surface area (Å²) in [5, 5.41) is 10.5. The van der Waals surface area contributed by atoms with Crippen LogP contribution in [0.3, 0.4) is 0 Å². The number of aryl methyl sites for hydroxylation is 1. The van der Waals surface area contributed by atoms with Gasteiger partial charge in [0.15, 0.2) is 0 Å². The molecular weight excluding hydrogens is 238 g/mol. The molecule has 4 heteroatoms. The molecule has 0 aliphatic carbocycles. The summed E-state index contributed by atoms with van der Waals surface area (Å²) >= 11 is 0. The minimum absolute atomic E-state index is 0.0776.